The van der Waals surface area contributed by atoms with Gasteiger partial charge < -0.3 is 0 Å². The number of anilines is 1. The number of amides is 1. The molecule has 1 aromatic carbocycles. The zero-order chi connectivity index (χ0) is 10.8. The van der Waals surface area contributed by atoms with E-state index in [1.807, 2.05) is 0 Å². The molecule has 76 valence electrons. The fourth-order valence-corrected chi connectivity index (χ4v) is 2.48. The molecule has 0 aromatic heterocycles. The van der Waals surface area contributed by atoms with E-state index < -0.39 is 19.6 Å². The molecule has 1 amide bonds. The molecule has 3 N–H and O–H groups in total. The summed E-state index contributed by atoms with van der Waals surface area (Å²) in [4.78, 5) is 10.6. The van der Waals surface area contributed by atoms with Crippen LogP contribution in [0.2, 0.25) is 0 Å². The Morgan fingerprint density at radius 2 is 1.79 bits per heavy atom. The van der Waals surface area contributed by atoms with Gasteiger partial charge in [-0.1, -0.05) is 0 Å². The monoisotopic (exact) mass is 305 g/mol. The average molecular weight is 306 g/mol. The van der Waals surface area contributed by atoms with Crippen LogP contribution in [0.5, 0.6) is 0 Å². The second kappa shape index (κ2) is 4.17. The number of nitrogens with one attached hydrogen (secondary N) is 1. The number of hydrogen-bond donors (Lipinski definition) is 3. The normalized spacial score (nSPS) is 11.1. The Bertz CT molecular complexity index is 381. The van der Waals surface area contributed by atoms with Gasteiger partial charge in [-0.25, -0.2) is 0 Å². The van der Waals surface area contributed by atoms with Gasteiger partial charge in [0, 0.05) is 0 Å². The van der Waals surface area contributed by atoms with Crippen LogP contribution in [0.4, 0.5) is 5.69 Å². The van der Waals surface area contributed by atoms with Gasteiger partial charge in [-0.05, 0) is 0 Å². The molecule has 0 aliphatic rings. The van der Waals surface area contributed by atoms with Gasteiger partial charge in [0.05, 0.1) is 0 Å². The Hall–Kier alpha value is -0.772. The van der Waals surface area contributed by atoms with Gasteiger partial charge in [-0.15, -0.1) is 0 Å². The number of rotatable bonds is 2. The Morgan fingerprint density at radius 1 is 1.29 bits per heavy atom. The SMILES string of the molecule is CC(=O)Nc1cc[c]([Sb](=[O])([OH])[OH])cc1. The van der Waals surface area contributed by atoms with Crippen LogP contribution in [-0.4, -0.2) is 32.3 Å². The topological polar surface area (TPSA) is 86.6 Å². The molecule has 0 radical (unpaired) electrons. The fraction of sp³-hybridized carbons (Fsp3) is 0.125. The van der Waals surface area contributed by atoms with Crippen molar-refractivity contribution < 1.29 is 14.6 Å². The first-order valence-electron chi connectivity index (χ1n) is 3.83. The molecule has 0 bridgehead atoms. The van der Waals surface area contributed by atoms with E-state index in [0.29, 0.717) is 5.69 Å². The first-order valence-corrected chi connectivity index (χ1v) is 8.43. The standard InChI is InChI=1S/C8H8NO.2H2O.O.Sb/c1-7(10)9-8-5-3-2-4-6-8;;;;/h3-6H,1H3,(H,9,10);2*1H2;;/q;;;;+2/p-2. The zero-order valence-corrected chi connectivity index (χ0v) is 10.0. The van der Waals surface area contributed by atoms with Crippen molar-refractivity contribution >= 4 is 34.7 Å². The van der Waals surface area contributed by atoms with Gasteiger partial charge in [0.1, 0.15) is 0 Å². The van der Waals surface area contributed by atoms with Crippen molar-refractivity contribution in [2.24, 2.45) is 0 Å². The summed E-state index contributed by atoms with van der Waals surface area (Å²) in [7, 11) is 0. The van der Waals surface area contributed by atoms with Crippen LogP contribution in [0.25, 0.3) is 0 Å². The van der Waals surface area contributed by atoms with Crippen molar-refractivity contribution in [3.63, 3.8) is 0 Å². The molecule has 5 nitrogen and oxygen atoms in total. The zero-order valence-electron chi connectivity index (χ0n) is 7.47. The van der Waals surface area contributed by atoms with Crippen LogP contribution in [0, 0.1) is 0 Å². The molecule has 1 rings (SSSR count). The molecule has 14 heavy (non-hydrogen) atoms. The third-order valence-corrected chi connectivity index (χ3v) is 4.29. The second-order valence-corrected chi connectivity index (χ2v) is 7.35. The van der Waals surface area contributed by atoms with Gasteiger partial charge in [-0.2, -0.15) is 0 Å². The van der Waals surface area contributed by atoms with E-state index in [1.54, 1.807) is 0 Å². The summed E-state index contributed by atoms with van der Waals surface area (Å²) in [5.41, 5.74) is 0.523. The van der Waals surface area contributed by atoms with Crippen LogP contribution in [0.15, 0.2) is 24.3 Å². The average Bonchev–Trinajstić information content (AvgIpc) is 2.02. The summed E-state index contributed by atoms with van der Waals surface area (Å²) in [5, 5.41) is 2.50. The van der Waals surface area contributed by atoms with Crippen LogP contribution in [0.3, 0.4) is 0 Å². The van der Waals surface area contributed by atoms with E-state index in [2.05, 4.69) is 5.32 Å². The van der Waals surface area contributed by atoms with Gasteiger partial charge in [-0.3, -0.25) is 0 Å². The predicted molar refractivity (Wildman–Crippen MR) is 51.3 cm³/mol. The molecule has 0 aliphatic heterocycles. The molecule has 0 unspecified atom stereocenters. The maximum atomic E-state index is 10.9. The summed E-state index contributed by atoms with van der Waals surface area (Å²) >= 11 is -5.06. The van der Waals surface area contributed by atoms with E-state index in [9.17, 15) is 7.81 Å². The quantitative estimate of drug-likeness (QED) is 0.625. The van der Waals surface area contributed by atoms with Crippen LogP contribution < -0.4 is 8.83 Å². The molecular weight excluding hydrogens is 296 g/mol. The summed E-state index contributed by atoms with van der Waals surface area (Å²) in [6.45, 7) is 1.36. The molecule has 0 atom stereocenters. The van der Waals surface area contributed by atoms with Gasteiger partial charge >= 0.3 is 85.8 Å². The van der Waals surface area contributed by atoms with Crippen molar-refractivity contribution in [2.45, 2.75) is 6.92 Å². The Balaban J connectivity index is 2.89. The predicted octanol–water partition coefficient (Wildman–Crippen LogP) is -0.794. The molecule has 0 spiro atoms. The molecule has 0 saturated heterocycles. The molecule has 6 heteroatoms. The van der Waals surface area contributed by atoms with Crippen molar-refractivity contribution in [1.29, 1.82) is 0 Å². The number of hydrogen-bond acceptors (Lipinski definition) is 2. The van der Waals surface area contributed by atoms with Crippen molar-refractivity contribution in [1.82, 2.24) is 0 Å². The van der Waals surface area contributed by atoms with Crippen LogP contribution in [-0.2, 0) is 7.81 Å². The van der Waals surface area contributed by atoms with Gasteiger partial charge in [0.2, 0.25) is 0 Å². The molecule has 0 fully saturated rings. The molecule has 0 heterocycles. The number of benzene rings is 1. The van der Waals surface area contributed by atoms with E-state index in [4.69, 9.17) is 6.77 Å². The molecule has 0 aliphatic carbocycles. The van der Waals surface area contributed by atoms with Gasteiger partial charge in [0.15, 0.2) is 0 Å². The molecule has 1 aromatic rings. The molecular formula is C8H10NO4Sb. The first kappa shape index (κ1) is 11.3. The summed E-state index contributed by atoms with van der Waals surface area (Å²) in [6, 6.07) is 5.57. The first-order chi connectivity index (χ1) is 6.39. The Morgan fingerprint density at radius 3 is 2.14 bits per heavy atom. The van der Waals surface area contributed by atoms with E-state index >= 15 is 0 Å². The van der Waals surface area contributed by atoms with Crippen molar-refractivity contribution in [2.75, 3.05) is 5.32 Å². The fourth-order valence-electron chi connectivity index (χ4n) is 0.942. The maximum absolute atomic E-state index is 10.9. The van der Waals surface area contributed by atoms with E-state index in [0.717, 1.165) is 0 Å². The third-order valence-electron chi connectivity index (χ3n) is 1.52. The van der Waals surface area contributed by atoms with Crippen LogP contribution in [0.1, 0.15) is 6.92 Å². The van der Waals surface area contributed by atoms with Crippen LogP contribution >= 0.6 is 0 Å². The second-order valence-electron chi connectivity index (χ2n) is 2.77. The third kappa shape index (κ3) is 3.18. The van der Waals surface area contributed by atoms with Crippen molar-refractivity contribution in [3.05, 3.63) is 24.3 Å². The Labute approximate surface area is 85.9 Å². The number of carbonyl (C=O) groups is 1. The summed E-state index contributed by atoms with van der Waals surface area (Å²) < 4.78 is 28.6. The minimum absolute atomic E-state index is 0.0256. The number of carbonyl (C=O) groups excluding carboxylic acids is 1. The Kier molecular flexibility index (Phi) is 3.37. The summed E-state index contributed by atoms with van der Waals surface area (Å²) in [5.74, 6) is -0.221. The van der Waals surface area contributed by atoms with Crippen molar-refractivity contribution in [3.8, 4) is 0 Å². The minimum atomic E-state index is -5.06. The van der Waals surface area contributed by atoms with E-state index in [1.165, 1.54) is 31.2 Å². The molecule has 0 saturated carbocycles. The van der Waals surface area contributed by atoms with Gasteiger partial charge in [0.25, 0.3) is 0 Å². The van der Waals surface area contributed by atoms with E-state index in [-0.39, 0.29) is 9.42 Å². The summed E-state index contributed by atoms with van der Waals surface area (Å²) in [6.07, 6.45) is 0.